The molecule has 8 rings (SSSR count). The summed E-state index contributed by atoms with van der Waals surface area (Å²) in [7, 11) is 0. The zero-order valence-corrected chi connectivity index (χ0v) is 23.5. The highest BCUT2D eigenvalue weighted by Gasteiger charge is 2.38. The lowest BCUT2D eigenvalue weighted by molar-refractivity contribution is 0.627. The number of fused-ring (bicyclic) bond motifs is 4. The van der Waals surface area contributed by atoms with Gasteiger partial charge in [0, 0.05) is 41.3 Å². The number of aromatic nitrogens is 3. The van der Waals surface area contributed by atoms with Gasteiger partial charge in [0.2, 0.25) is 0 Å². The van der Waals surface area contributed by atoms with E-state index in [9.17, 15) is 0 Å². The van der Waals surface area contributed by atoms with Crippen LogP contribution in [0, 0.1) is 0 Å². The molecule has 0 saturated heterocycles. The molecule has 0 aliphatic carbocycles. The highest BCUT2D eigenvalue weighted by molar-refractivity contribution is 6.21. The number of hydrogen-bond acceptors (Lipinski definition) is 4. The predicted molar refractivity (Wildman–Crippen MR) is 173 cm³/mol. The normalized spacial score (nSPS) is 13.6. The molecule has 7 aromatic rings. The van der Waals surface area contributed by atoms with Gasteiger partial charge in [0.25, 0.3) is 0 Å². The van der Waals surface area contributed by atoms with Crippen LogP contribution in [0.3, 0.4) is 0 Å². The molecule has 0 atom stereocenters. The lowest BCUT2D eigenvalue weighted by Gasteiger charge is -2.40. The Kier molecular flexibility index (Phi) is 5.44. The smallest absolute Gasteiger partial charge is 0.142 e. The van der Waals surface area contributed by atoms with E-state index in [1.807, 2.05) is 55.1 Å². The van der Waals surface area contributed by atoms with Crippen LogP contribution in [0.5, 0.6) is 0 Å². The van der Waals surface area contributed by atoms with Crippen molar-refractivity contribution < 1.29 is 0 Å². The third-order valence-electron chi connectivity index (χ3n) is 8.63. The number of hydrogen-bond donors (Lipinski definition) is 0. The van der Waals surface area contributed by atoms with Gasteiger partial charge in [-0.3, -0.25) is 9.88 Å². The summed E-state index contributed by atoms with van der Waals surface area (Å²) in [6.45, 7) is 4.60. The molecule has 0 N–H and O–H groups in total. The molecule has 4 aromatic carbocycles. The van der Waals surface area contributed by atoms with Gasteiger partial charge < -0.3 is 0 Å². The van der Waals surface area contributed by atoms with E-state index >= 15 is 0 Å². The number of rotatable bonds is 3. The number of pyridine rings is 3. The van der Waals surface area contributed by atoms with E-state index in [1.54, 1.807) is 0 Å². The molecule has 1 aliphatic heterocycles. The molecule has 0 radical (unpaired) electrons. The van der Waals surface area contributed by atoms with Gasteiger partial charge in [0.1, 0.15) is 11.6 Å². The Morgan fingerprint density at radius 3 is 1.83 bits per heavy atom. The Balaban J connectivity index is 1.43. The Hall–Kier alpha value is -5.35. The molecule has 4 heteroatoms. The first kappa shape index (κ1) is 24.4. The number of nitrogens with zero attached hydrogens (tertiary/aromatic N) is 4. The molecule has 0 bridgehead atoms. The Morgan fingerprint density at radius 1 is 0.548 bits per heavy atom. The van der Waals surface area contributed by atoms with E-state index in [0.29, 0.717) is 0 Å². The van der Waals surface area contributed by atoms with Crippen molar-refractivity contribution in [2.45, 2.75) is 19.3 Å². The summed E-state index contributed by atoms with van der Waals surface area (Å²) >= 11 is 0. The second-order valence-corrected chi connectivity index (χ2v) is 11.3. The van der Waals surface area contributed by atoms with Crippen LogP contribution in [-0.2, 0) is 5.41 Å². The minimum atomic E-state index is -0.262. The largest absolute Gasteiger partial charge is 0.278 e. The van der Waals surface area contributed by atoms with E-state index in [4.69, 9.17) is 9.97 Å². The van der Waals surface area contributed by atoms with Crippen LogP contribution in [0.2, 0.25) is 0 Å². The molecule has 0 saturated carbocycles. The summed E-state index contributed by atoms with van der Waals surface area (Å²) in [5.74, 6) is 1.79. The molecule has 4 nitrogen and oxygen atoms in total. The SMILES string of the molecule is CC1(C)c2cc(-c3c4ccccc4c(-c4cccnc4)c4ccccc34)ccc2N(c2ccccn2)c2ncccc21. The molecular weight excluding hydrogens is 512 g/mol. The van der Waals surface area contributed by atoms with Gasteiger partial charge >= 0.3 is 0 Å². The Bertz CT molecular complexity index is 2060. The van der Waals surface area contributed by atoms with Crippen molar-refractivity contribution in [1.82, 2.24) is 15.0 Å². The fraction of sp³-hybridized carbons (Fsp3) is 0.0789. The molecule has 200 valence electrons. The lowest BCUT2D eigenvalue weighted by atomic mass is 9.73. The maximum absolute atomic E-state index is 4.85. The summed E-state index contributed by atoms with van der Waals surface area (Å²) < 4.78 is 0. The van der Waals surface area contributed by atoms with Gasteiger partial charge in [0.15, 0.2) is 0 Å². The average Bonchev–Trinajstić information content (AvgIpc) is 3.04. The van der Waals surface area contributed by atoms with Crippen LogP contribution < -0.4 is 4.90 Å². The summed E-state index contributed by atoms with van der Waals surface area (Å²) in [4.78, 5) is 16.2. The fourth-order valence-electron chi connectivity index (χ4n) is 6.69. The lowest BCUT2D eigenvalue weighted by Crippen LogP contribution is -2.31. The van der Waals surface area contributed by atoms with Crippen LogP contribution in [0.15, 0.2) is 134 Å². The molecule has 0 spiro atoms. The molecule has 3 aromatic heterocycles. The second-order valence-electron chi connectivity index (χ2n) is 11.3. The van der Waals surface area contributed by atoms with Crippen molar-refractivity contribution in [2.75, 3.05) is 4.90 Å². The van der Waals surface area contributed by atoms with Gasteiger partial charge in [-0.1, -0.05) is 86.6 Å². The van der Waals surface area contributed by atoms with Gasteiger partial charge in [-0.15, -0.1) is 0 Å². The molecule has 4 heterocycles. The van der Waals surface area contributed by atoms with Crippen LogP contribution in [0.1, 0.15) is 25.0 Å². The highest BCUT2D eigenvalue weighted by Crippen LogP contribution is 2.52. The number of anilines is 3. The fourth-order valence-corrected chi connectivity index (χ4v) is 6.69. The van der Waals surface area contributed by atoms with Crippen molar-refractivity contribution in [3.05, 3.63) is 145 Å². The maximum Gasteiger partial charge on any atom is 0.142 e. The number of benzene rings is 4. The Labute approximate surface area is 245 Å². The van der Waals surface area contributed by atoms with Crippen molar-refractivity contribution in [2.24, 2.45) is 0 Å². The maximum atomic E-state index is 4.85. The van der Waals surface area contributed by atoms with Crippen LogP contribution in [0.25, 0.3) is 43.8 Å². The minimum absolute atomic E-state index is 0.262. The summed E-state index contributed by atoms with van der Waals surface area (Å²) in [5, 5.41) is 4.90. The van der Waals surface area contributed by atoms with Gasteiger partial charge in [-0.25, -0.2) is 9.97 Å². The van der Waals surface area contributed by atoms with Crippen molar-refractivity contribution in [1.29, 1.82) is 0 Å². The van der Waals surface area contributed by atoms with E-state index in [-0.39, 0.29) is 5.41 Å². The topological polar surface area (TPSA) is 41.9 Å². The third-order valence-corrected chi connectivity index (χ3v) is 8.63. The quantitative estimate of drug-likeness (QED) is 0.209. The van der Waals surface area contributed by atoms with E-state index < -0.39 is 0 Å². The summed E-state index contributed by atoms with van der Waals surface area (Å²) in [6, 6.07) is 38.8. The first-order chi connectivity index (χ1) is 20.6. The van der Waals surface area contributed by atoms with Crippen LogP contribution in [-0.4, -0.2) is 15.0 Å². The molecular formula is C38H28N4. The Morgan fingerprint density at radius 2 is 1.19 bits per heavy atom. The third kappa shape index (κ3) is 3.58. The summed E-state index contributed by atoms with van der Waals surface area (Å²) in [5.41, 5.74) is 8.05. The second kappa shape index (κ2) is 9.35. The van der Waals surface area contributed by atoms with Crippen LogP contribution in [0.4, 0.5) is 17.3 Å². The first-order valence-corrected chi connectivity index (χ1v) is 14.3. The van der Waals surface area contributed by atoms with E-state index in [2.05, 4.69) is 103 Å². The van der Waals surface area contributed by atoms with E-state index in [1.165, 1.54) is 49.4 Å². The monoisotopic (exact) mass is 540 g/mol. The zero-order valence-electron chi connectivity index (χ0n) is 23.5. The first-order valence-electron chi connectivity index (χ1n) is 14.3. The molecule has 0 unspecified atom stereocenters. The van der Waals surface area contributed by atoms with Crippen molar-refractivity contribution in [3.8, 4) is 22.3 Å². The van der Waals surface area contributed by atoms with Gasteiger partial charge in [-0.05, 0) is 80.2 Å². The predicted octanol–water partition coefficient (Wildman–Crippen LogP) is 9.62. The van der Waals surface area contributed by atoms with Crippen molar-refractivity contribution in [3.63, 3.8) is 0 Å². The standard InChI is InChI=1S/C38H28N4/c1-38(2)31-16-10-22-41-37(31)42(34-17-7-8-21-40-34)33-19-18-25(23-32(33)38)35-27-12-3-5-14-29(27)36(26-11-9-20-39-24-26)30-15-6-4-13-28(30)35/h3-24H,1-2H3. The van der Waals surface area contributed by atoms with E-state index in [0.717, 1.165) is 22.9 Å². The molecule has 1 aliphatic rings. The van der Waals surface area contributed by atoms with Gasteiger partial charge in [0.05, 0.1) is 5.69 Å². The molecule has 42 heavy (non-hydrogen) atoms. The molecule has 0 fully saturated rings. The zero-order chi connectivity index (χ0) is 28.3. The average molecular weight is 541 g/mol. The summed E-state index contributed by atoms with van der Waals surface area (Å²) in [6.07, 6.45) is 7.51. The van der Waals surface area contributed by atoms with Gasteiger partial charge in [-0.2, -0.15) is 0 Å². The highest BCUT2D eigenvalue weighted by atomic mass is 15.2. The minimum Gasteiger partial charge on any atom is -0.278 e. The molecule has 0 amide bonds. The van der Waals surface area contributed by atoms with Crippen molar-refractivity contribution >= 4 is 38.9 Å². The van der Waals surface area contributed by atoms with Crippen LogP contribution >= 0.6 is 0 Å².